The number of fused-ring (bicyclic) bond motifs is 1. The third kappa shape index (κ3) is 1.96. The average molecular weight is 277 g/mol. The van der Waals surface area contributed by atoms with Crippen LogP contribution < -0.4 is 0 Å². The van der Waals surface area contributed by atoms with Gasteiger partial charge >= 0.3 is 0 Å². The molecule has 4 nitrogen and oxygen atoms in total. The summed E-state index contributed by atoms with van der Waals surface area (Å²) in [5.41, 5.74) is 0.877. The molecule has 0 spiro atoms. The lowest BCUT2D eigenvalue weighted by Crippen LogP contribution is -2.36. The molecule has 1 aromatic heterocycles. The fourth-order valence-corrected chi connectivity index (χ4v) is 2.90. The highest BCUT2D eigenvalue weighted by Gasteiger charge is 2.35. The zero-order valence-electron chi connectivity index (χ0n) is 10.4. The van der Waals surface area contributed by atoms with E-state index in [0.29, 0.717) is 11.3 Å². The van der Waals surface area contributed by atoms with E-state index in [0.717, 1.165) is 32.4 Å². The van der Waals surface area contributed by atoms with Crippen LogP contribution in [0.1, 0.15) is 40.1 Å². The lowest BCUT2D eigenvalue weighted by atomic mass is 9.95. The molecule has 5 heteroatoms. The Morgan fingerprint density at radius 2 is 1.84 bits per heavy atom. The summed E-state index contributed by atoms with van der Waals surface area (Å²) in [5.74, 6) is -0.535. The second-order valence-electron chi connectivity index (χ2n) is 4.77. The Bertz CT molecular complexity index is 589. The van der Waals surface area contributed by atoms with Gasteiger partial charge in [0.05, 0.1) is 5.56 Å². The van der Waals surface area contributed by atoms with Crippen molar-refractivity contribution in [3.05, 3.63) is 40.3 Å². The fourth-order valence-electron chi connectivity index (χ4n) is 2.61. The quantitative estimate of drug-likeness (QED) is 0.790. The summed E-state index contributed by atoms with van der Waals surface area (Å²) in [7, 11) is 0. The molecule has 0 amide bonds. The smallest absolute Gasteiger partial charge is 0.225 e. The number of hydrogen-bond acceptors (Lipinski definition) is 4. The Balaban J connectivity index is 2.07. The summed E-state index contributed by atoms with van der Waals surface area (Å²) in [4.78, 5) is 30.6. The van der Waals surface area contributed by atoms with Crippen LogP contribution in [0, 0.1) is 0 Å². The van der Waals surface area contributed by atoms with Gasteiger partial charge in [-0.15, -0.1) is 0 Å². The van der Waals surface area contributed by atoms with Crippen molar-refractivity contribution in [2.75, 3.05) is 13.1 Å². The van der Waals surface area contributed by atoms with Crippen LogP contribution in [0.5, 0.6) is 0 Å². The standard InChI is InChI=1S/C14H13ClN2O2/c15-10-12(17-7-2-1-3-8-17)13(18)9-5-4-6-16-11(9)14(10)19/h4-6H,1-3,7-8H2. The minimum atomic E-state index is -0.350. The van der Waals surface area contributed by atoms with Gasteiger partial charge in [0.2, 0.25) is 11.6 Å². The number of nitrogens with zero attached hydrogens (tertiary/aromatic N) is 2. The molecule has 1 aliphatic heterocycles. The Labute approximate surface area is 116 Å². The van der Waals surface area contributed by atoms with Crippen LogP contribution in [0.15, 0.2) is 29.1 Å². The van der Waals surface area contributed by atoms with Crippen LogP contribution in [0.3, 0.4) is 0 Å². The van der Waals surface area contributed by atoms with Gasteiger partial charge in [0.15, 0.2) is 0 Å². The number of hydrogen-bond donors (Lipinski definition) is 0. The summed E-state index contributed by atoms with van der Waals surface area (Å²) in [6.45, 7) is 1.56. The highest BCUT2D eigenvalue weighted by Crippen LogP contribution is 2.30. The predicted molar refractivity (Wildman–Crippen MR) is 71.2 cm³/mol. The SMILES string of the molecule is O=C1C(N2CCCCC2)=C(Cl)C(=O)c2ncccc21. The minimum Gasteiger partial charge on any atom is -0.367 e. The van der Waals surface area contributed by atoms with Crippen LogP contribution >= 0.6 is 11.6 Å². The molecule has 3 rings (SSSR count). The Hall–Kier alpha value is -1.68. The molecule has 0 saturated carbocycles. The summed E-state index contributed by atoms with van der Waals surface area (Å²) in [5, 5.41) is 0.0121. The van der Waals surface area contributed by atoms with Crippen molar-refractivity contribution in [2.24, 2.45) is 0 Å². The third-order valence-corrected chi connectivity index (χ3v) is 3.91. The number of halogens is 1. The highest BCUT2D eigenvalue weighted by molar-refractivity contribution is 6.49. The van der Waals surface area contributed by atoms with Crippen LogP contribution in [0.4, 0.5) is 0 Å². The maximum absolute atomic E-state index is 12.5. The first-order valence-electron chi connectivity index (χ1n) is 6.39. The second-order valence-corrected chi connectivity index (χ2v) is 5.15. The van der Waals surface area contributed by atoms with Crippen molar-refractivity contribution in [1.82, 2.24) is 9.88 Å². The van der Waals surface area contributed by atoms with E-state index in [4.69, 9.17) is 11.6 Å². The van der Waals surface area contributed by atoms with E-state index < -0.39 is 0 Å². The molecule has 19 heavy (non-hydrogen) atoms. The number of carbonyl (C=O) groups excluding carboxylic acids is 2. The van der Waals surface area contributed by atoms with Gasteiger partial charge in [-0.3, -0.25) is 14.6 Å². The number of carbonyl (C=O) groups is 2. The molecule has 0 N–H and O–H groups in total. The normalized spacial score (nSPS) is 19.7. The lowest BCUT2D eigenvalue weighted by Gasteiger charge is -2.32. The zero-order chi connectivity index (χ0) is 13.4. The van der Waals surface area contributed by atoms with Gasteiger partial charge in [0.1, 0.15) is 16.4 Å². The van der Waals surface area contributed by atoms with Crippen LogP contribution in [-0.2, 0) is 0 Å². The van der Waals surface area contributed by atoms with Crippen molar-refractivity contribution in [3.8, 4) is 0 Å². The largest absolute Gasteiger partial charge is 0.367 e. The molecule has 2 heterocycles. The van der Waals surface area contributed by atoms with E-state index in [9.17, 15) is 9.59 Å². The maximum atomic E-state index is 12.5. The van der Waals surface area contributed by atoms with Gasteiger partial charge in [-0.05, 0) is 31.4 Å². The first-order chi connectivity index (χ1) is 9.20. The van der Waals surface area contributed by atoms with Crippen molar-refractivity contribution in [3.63, 3.8) is 0 Å². The van der Waals surface area contributed by atoms with Gasteiger partial charge < -0.3 is 4.90 Å². The molecule has 0 unspecified atom stereocenters. The monoisotopic (exact) mass is 276 g/mol. The number of likely N-dealkylation sites (tertiary alicyclic amines) is 1. The summed E-state index contributed by atoms with van der Waals surface area (Å²) < 4.78 is 0. The molecule has 0 atom stereocenters. The van der Waals surface area contributed by atoms with Gasteiger partial charge in [0.25, 0.3) is 0 Å². The van der Waals surface area contributed by atoms with Gasteiger partial charge in [-0.1, -0.05) is 11.6 Å². The Morgan fingerprint density at radius 3 is 2.58 bits per heavy atom. The molecule has 0 bridgehead atoms. The van der Waals surface area contributed by atoms with Gasteiger partial charge in [0, 0.05) is 19.3 Å². The molecule has 0 radical (unpaired) electrons. The Morgan fingerprint density at radius 1 is 1.11 bits per heavy atom. The number of Topliss-reactive ketones (excluding diaryl/α,β-unsaturated/α-hetero) is 2. The summed E-state index contributed by atoms with van der Waals surface area (Å²) in [6.07, 6.45) is 4.70. The molecule has 0 aromatic carbocycles. The van der Waals surface area contributed by atoms with Crippen molar-refractivity contribution < 1.29 is 9.59 Å². The average Bonchev–Trinajstić information content (AvgIpc) is 2.46. The molecule has 1 fully saturated rings. The van der Waals surface area contributed by atoms with Crippen molar-refractivity contribution in [1.29, 1.82) is 0 Å². The van der Waals surface area contributed by atoms with Crippen molar-refractivity contribution >= 4 is 23.2 Å². The van der Waals surface area contributed by atoms with E-state index >= 15 is 0 Å². The maximum Gasteiger partial charge on any atom is 0.225 e. The first-order valence-corrected chi connectivity index (χ1v) is 6.77. The molecule has 98 valence electrons. The topological polar surface area (TPSA) is 50.3 Å². The first kappa shape index (κ1) is 12.4. The zero-order valence-corrected chi connectivity index (χ0v) is 11.1. The number of aromatic nitrogens is 1. The molecular weight excluding hydrogens is 264 g/mol. The van der Waals surface area contributed by atoms with E-state index in [1.807, 2.05) is 4.90 Å². The molecule has 1 saturated heterocycles. The summed E-state index contributed by atoms with van der Waals surface area (Å²) >= 11 is 6.12. The number of pyridine rings is 1. The molecule has 1 aromatic rings. The number of ketones is 2. The van der Waals surface area contributed by atoms with E-state index in [2.05, 4.69) is 4.98 Å². The van der Waals surface area contributed by atoms with E-state index in [1.54, 1.807) is 12.1 Å². The number of allylic oxidation sites excluding steroid dienone is 2. The number of piperidine rings is 1. The van der Waals surface area contributed by atoms with Crippen LogP contribution in [-0.4, -0.2) is 34.5 Å². The van der Waals surface area contributed by atoms with E-state index in [1.165, 1.54) is 6.20 Å². The van der Waals surface area contributed by atoms with Crippen LogP contribution in [0.2, 0.25) is 0 Å². The van der Waals surface area contributed by atoms with Crippen molar-refractivity contribution in [2.45, 2.75) is 19.3 Å². The highest BCUT2D eigenvalue weighted by atomic mass is 35.5. The van der Waals surface area contributed by atoms with E-state index in [-0.39, 0.29) is 22.3 Å². The van der Waals surface area contributed by atoms with Crippen LogP contribution in [0.25, 0.3) is 0 Å². The molecular formula is C14H13ClN2O2. The molecule has 1 aliphatic carbocycles. The third-order valence-electron chi connectivity index (χ3n) is 3.56. The van der Waals surface area contributed by atoms with Gasteiger partial charge in [-0.2, -0.15) is 0 Å². The molecule has 2 aliphatic rings. The minimum absolute atomic E-state index is 0.0121. The predicted octanol–water partition coefficient (Wildman–Crippen LogP) is 2.40. The summed E-state index contributed by atoms with van der Waals surface area (Å²) in [6, 6.07) is 3.30. The van der Waals surface area contributed by atoms with Gasteiger partial charge in [-0.25, -0.2) is 0 Å². The fraction of sp³-hybridized carbons (Fsp3) is 0.357. The Kier molecular flexibility index (Phi) is 3.11. The number of rotatable bonds is 1. The second kappa shape index (κ2) is 4.78. The lowest BCUT2D eigenvalue weighted by molar-refractivity contribution is 0.0937.